The second kappa shape index (κ2) is 13.0. The summed E-state index contributed by atoms with van der Waals surface area (Å²) < 4.78 is 13.2. The molecule has 0 saturated carbocycles. The number of benzene rings is 1. The molecule has 164 valence electrons. The van der Waals surface area contributed by atoms with Crippen molar-refractivity contribution in [3.05, 3.63) is 53.9 Å². The molecule has 2 N–H and O–H groups in total. The third-order valence-corrected chi connectivity index (χ3v) is 5.09. The SMILES string of the molecule is CCNC(=NCc1cnn(Cc2ccccc2)c1)NCCCOCC1CCOCC1. The predicted molar refractivity (Wildman–Crippen MR) is 120 cm³/mol. The lowest BCUT2D eigenvalue weighted by Crippen LogP contribution is -2.38. The van der Waals surface area contributed by atoms with E-state index in [9.17, 15) is 0 Å². The van der Waals surface area contributed by atoms with Crippen LogP contribution in [0.5, 0.6) is 0 Å². The van der Waals surface area contributed by atoms with Crippen molar-refractivity contribution in [1.82, 2.24) is 20.4 Å². The number of nitrogens with zero attached hydrogens (tertiary/aromatic N) is 3. The van der Waals surface area contributed by atoms with Crippen molar-refractivity contribution in [2.24, 2.45) is 10.9 Å². The van der Waals surface area contributed by atoms with Crippen LogP contribution in [-0.2, 0) is 22.6 Å². The van der Waals surface area contributed by atoms with Gasteiger partial charge in [0.2, 0.25) is 0 Å². The molecule has 30 heavy (non-hydrogen) atoms. The summed E-state index contributed by atoms with van der Waals surface area (Å²) in [6, 6.07) is 10.4. The van der Waals surface area contributed by atoms with Gasteiger partial charge in [-0.25, -0.2) is 4.99 Å². The number of hydrogen-bond acceptors (Lipinski definition) is 4. The summed E-state index contributed by atoms with van der Waals surface area (Å²) in [6.45, 7) is 8.51. The zero-order valence-corrected chi connectivity index (χ0v) is 18.1. The van der Waals surface area contributed by atoms with E-state index in [4.69, 9.17) is 9.47 Å². The summed E-state index contributed by atoms with van der Waals surface area (Å²) in [6.07, 6.45) is 7.15. The Balaban J connectivity index is 1.35. The minimum Gasteiger partial charge on any atom is -0.381 e. The highest BCUT2D eigenvalue weighted by molar-refractivity contribution is 5.79. The van der Waals surface area contributed by atoms with E-state index < -0.39 is 0 Å². The average Bonchev–Trinajstić information content (AvgIpc) is 3.23. The molecule has 3 rings (SSSR count). The minimum absolute atomic E-state index is 0.602. The number of rotatable bonds is 11. The largest absolute Gasteiger partial charge is 0.381 e. The van der Waals surface area contributed by atoms with Gasteiger partial charge in [0, 0.05) is 51.3 Å². The van der Waals surface area contributed by atoms with Crippen molar-refractivity contribution in [3.8, 4) is 0 Å². The van der Waals surface area contributed by atoms with E-state index in [1.807, 2.05) is 16.9 Å². The van der Waals surface area contributed by atoms with Crippen molar-refractivity contribution < 1.29 is 9.47 Å². The van der Waals surface area contributed by atoms with E-state index in [2.05, 4.69) is 58.1 Å². The van der Waals surface area contributed by atoms with Gasteiger partial charge >= 0.3 is 0 Å². The molecule has 2 aromatic rings. The van der Waals surface area contributed by atoms with Crippen LogP contribution in [0, 0.1) is 5.92 Å². The van der Waals surface area contributed by atoms with Gasteiger partial charge in [0.15, 0.2) is 5.96 Å². The Morgan fingerprint density at radius 1 is 1.20 bits per heavy atom. The van der Waals surface area contributed by atoms with Crippen molar-refractivity contribution in [2.45, 2.75) is 39.3 Å². The number of ether oxygens (including phenoxy) is 2. The highest BCUT2D eigenvalue weighted by Gasteiger charge is 2.13. The topological polar surface area (TPSA) is 72.7 Å². The highest BCUT2D eigenvalue weighted by atomic mass is 16.5. The third kappa shape index (κ3) is 8.16. The standard InChI is InChI=1S/C23H35N5O2/c1-2-24-23(25-11-6-12-30-19-21-9-13-29-14-10-21)26-15-22-16-27-28(18-22)17-20-7-4-3-5-8-20/h3-5,7-8,16,18,21H,2,6,9-15,17,19H2,1H3,(H2,24,25,26). The van der Waals surface area contributed by atoms with Crippen LogP contribution in [0.3, 0.4) is 0 Å². The minimum atomic E-state index is 0.602. The first-order valence-corrected chi connectivity index (χ1v) is 11.1. The first-order valence-electron chi connectivity index (χ1n) is 11.1. The summed E-state index contributed by atoms with van der Waals surface area (Å²) in [5, 5.41) is 11.1. The number of nitrogens with one attached hydrogen (secondary N) is 2. The molecular weight excluding hydrogens is 378 g/mol. The molecule has 7 nitrogen and oxygen atoms in total. The molecule has 1 aliphatic heterocycles. The molecule has 1 aromatic carbocycles. The van der Waals surface area contributed by atoms with E-state index in [0.717, 1.165) is 76.8 Å². The molecule has 0 radical (unpaired) electrons. The molecule has 0 unspecified atom stereocenters. The summed E-state index contributed by atoms with van der Waals surface area (Å²) in [5.41, 5.74) is 2.34. The fraction of sp³-hybridized carbons (Fsp3) is 0.565. The molecular formula is C23H35N5O2. The molecule has 0 bridgehead atoms. The van der Waals surface area contributed by atoms with Gasteiger partial charge in [-0.1, -0.05) is 30.3 Å². The second-order valence-corrected chi connectivity index (χ2v) is 7.64. The van der Waals surface area contributed by atoms with E-state index in [1.54, 1.807) is 0 Å². The van der Waals surface area contributed by atoms with Crippen LogP contribution in [0.15, 0.2) is 47.7 Å². The number of aromatic nitrogens is 2. The molecule has 7 heteroatoms. The maximum absolute atomic E-state index is 5.83. The first kappa shape index (κ1) is 22.3. The first-order chi connectivity index (χ1) is 14.8. The molecule has 1 saturated heterocycles. The van der Waals surface area contributed by atoms with Crippen LogP contribution in [0.4, 0.5) is 0 Å². The zero-order chi connectivity index (χ0) is 20.9. The van der Waals surface area contributed by atoms with Gasteiger partial charge in [-0.2, -0.15) is 5.10 Å². The van der Waals surface area contributed by atoms with Gasteiger partial charge in [-0.3, -0.25) is 4.68 Å². The zero-order valence-electron chi connectivity index (χ0n) is 18.1. The van der Waals surface area contributed by atoms with E-state index in [1.165, 1.54) is 5.56 Å². The normalized spacial score (nSPS) is 15.3. The molecule has 0 amide bonds. The molecule has 0 spiro atoms. The van der Waals surface area contributed by atoms with E-state index >= 15 is 0 Å². The summed E-state index contributed by atoms with van der Waals surface area (Å²) in [4.78, 5) is 4.68. The second-order valence-electron chi connectivity index (χ2n) is 7.64. The molecule has 0 atom stereocenters. The lowest BCUT2D eigenvalue weighted by molar-refractivity contribution is 0.0203. The molecule has 1 fully saturated rings. The van der Waals surface area contributed by atoms with Gasteiger partial charge in [0.1, 0.15) is 0 Å². The van der Waals surface area contributed by atoms with Crippen LogP contribution in [-0.4, -0.2) is 55.3 Å². The van der Waals surface area contributed by atoms with Crippen molar-refractivity contribution >= 4 is 5.96 Å². The summed E-state index contributed by atoms with van der Waals surface area (Å²) >= 11 is 0. The van der Waals surface area contributed by atoms with Crippen molar-refractivity contribution in [3.63, 3.8) is 0 Å². The number of aliphatic imine (C=N–C) groups is 1. The molecule has 0 aliphatic carbocycles. The summed E-state index contributed by atoms with van der Waals surface area (Å²) in [7, 11) is 0. The highest BCUT2D eigenvalue weighted by Crippen LogP contribution is 2.14. The van der Waals surface area contributed by atoms with E-state index in [0.29, 0.717) is 12.5 Å². The number of guanidine groups is 1. The van der Waals surface area contributed by atoms with Crippen molar-refractivity contribution in [1.29, 1.82) is 0 Å². The van der Waals surface area contributed by atoms with Gasteiger partial charge in [-0.15, -0.1) is 0 Å². The van der Waals surface area contributed by atoms with Crippen molar-refractivity contribution in [2.75, 3.05) is 39.5 Å². The van der Waals surface area contributed by atoms with Crippen LogP contribution in [0.1, 0.15) is 37.3 Å². The maximum atomic E-state index is 5.83. The lowest BCUT2D eigenvalue weighted by atomic mass is 10.0. The Morgan fingerprint density at radius 2 is 2.03 bits per heavy atom. The lowest BCUT2D eigenvalue weighted by Gasteiger charge is -2.21. The Kier molecular flexibility index (Phi) is 9.69. The number of hydrogen-bond donors (Lipinski definition) is 2. The van der Waals surface area contributed by atoms with Gasteiger partial charge in [0.05, 0.1) is 19.3 Å². The van der Waals surface area contributed by atoms with Gasteiger partial charge in [0.25, 0.3) is 0 Å². The van der Waals surface area contributed by atoms with Crippen LogP contribution >= 0.6 is 0 Å². The Labute approximate surface area is 179 Å². The maximum Gasteiger partial charge on any atom is 0.191 e. The predicted octanol–water partition coefficient (Wildman–Crippen LogP) is 2.82. The van der Waals surface area contributed by atoms with Gasteiger partial charge < -0.3 is 20.1 Å². The van der Waals surface area contributed by atoms with E-state index in [-0.39, 0.29) is 0 Å². The fourth-order valence-corrected chi connectivity index (χ4v) is 3.40. The molecule has 1 aliphatic rings. The fourth-order valence-electron chi connectivity index (χ4n) is 3.40. The Hall–Kier alpha value is -2.38. The Morgan fingerprint density at radius 3 is 2.83 bits per heavy atom. The monoisotopic (exact) mass is 413 g/mol. The smallest absolute Gasteiger partial charge is 0.191 e. The van der Waals surface area contributed by atoms with Crippen LogP contribution in [0.2, 0.25) is 0 Å². The average molecular weight is 414 g/mol. The molecule has 2 heterocycles. The van der Waals surface area contributed by atoms with Crippen LogP contribution in [0.25, 0.3) is 0 Å². The van der Waals surface area contributed by atoms with Crippen LogP contribution < -0.4 is 10.6 Å². The molecule has 1 aromatic heterocycles. The summed E-state index contributed by atoms with van der Waals surface area (Å²) in [5.74, 6) is 1.49. The Bertz CT molecular complexity index is 741. The quantitative estimate of drug-likeness (QED) is 0.337. The van der Waals surface area contributed by atoms with Gasteiger partial charge in [-0.05, 0) is 37.7 Å². The third-order valence-electron chi connectivity index (χ3n) is 5.09.